The van der Waals surface area contributed by atoms with Crippen molar-refractivity contribution in [3.8, 4) is 5.75 Å². The van der Waals surface area contributed by atoms with Crippen molar-refractivity contribution < 1.29 is 9.53 Å². The summed E-state index contributed by atoms with van der Waals surface area (Å²) in [5.74, 6) is 0.586. The van der Waals surface area contributed by atoms with E-state index >= 15 is 0 Å². The highest BCUT2D eigenvalue weighted by Gasteiger charge is 2.17. The lowest BCUT2D eigenvalue weighted by atomic mass is 10.1. The van der Waals surface area contributed by atoms with Gasteiger partial charge >= 0.3 is 0 Å². The van der Waals surface area contributed by atoms with Crippen molar-refractivity contribution in [3.05, 3.63) is 71.8 Å². The van der Waals surface area contributed by atoms with Gasteiger partial charge in [-0.3, -0.25) is 4.79 Å². The van der Waals surface area contributed by atoms with E-state index in [2.05, 4.69) is 5.32 Å². The molecule has 0 aliphatic rings. The molecule has 0 saturated heterocycles. The maximum absolute atomic E-state index is 12.5. The van der Waals surface area contributed by atoms with Gasteiger partial charge in [-0.25, -0.2) is 0 Å². The van der Waals surface area contributed by atoms with Crippen molar-refractivity contribution in [1.82, 2.24) is 0 Å². The Labute approximate surface area is 142 Å². The van der Waals surface area contributed by atoms with Gasteiger partial charge in [0.2, 0.25) is 0 Å². The molecule has 1 amide bonds. The van der Waals surface area contributed by atoms with Crippen LogP contribution in [-0.2, 0) is 4.79 Å². The quantitative estimate of drug-likeness (QED) is 0.745. The van der Waals surface area contributed by atoms with E-state index in [0.29, 0.717) is 0 Å². The standard InChI is InChI=1S/C21H21NO2/c1-14-8-6-13-20(15(14)2)24-16(3)21(23)22-19-12-7-10-17-9-4-5-11-18(17)19/h4-13,16H,1-3H3,(H,22,23)/t16-/m0/s1. The Balaban J connectivity index is 1.77. The van der Waals surface area contributed by atoms with E-state index in [9.17, 15) is 4.79 Å². The largest absolute Gasteiger partial charge is 0.481 e. The molecule has 1 atom stereocenters. The molecule has 0 heterocycles. The summed E-state index contributed by atoms with van der Waals surface area (Å²) in [5.41, 5.74) is 3.01. The molecule has 0 unspecified atom stereocenters. The maximum Gasteiger partial charge on any atom is 0.265 e. The van der Waals surface area contributed by atoms with Crippen molar-refractivity contribution >= 4 is 22.4 Å². The van der Waals surface area contributed by atoms with Gasteiger partial charge in [0.25, 0.3) is 5.91 Å². The summed E-state index contributed by atoms with van der Waals surface area (Å²) >= 11 is 0. The Hall–Kier alpha value is -2.81. The second kappa shape index (κ2) is 6.75. The summed E-state index contributed by atoms with van der Waals surface area (Å²) in [4.78, 5) is 12.5. The van der Waals surface area contributed by atoms with Crippen LogP contribution in [-0.4, -0.2) is 12.0 Å². The van der Waals surface area contributed by atoms with E-state index < -0.39 is 6.10 Å². The number of rotatable bonds is 4. The van der Waals surface area contributed by atoms with Crippen LogP contribution in [0.2, 0.25) is 0 Å². The lowest BCUT2D eigenvalue weighted by Gasteiger charge is -2.17. The van der Waals surface area contributed by atoms with Crippen LogP contribution in [0.4, 0.5) is 5.69 Å². The summed E-state index contributed by atoms with van der Waals surface area (Å²) < 4.78 is 5.86. The number of aryl methyl sites for hydroxylation is 1. The molecule has 0 aliphatic heterocycles. The Bertz CT molecular complexity index is 881. The average molecular weight is 319 g/mol. The highest BCUT2D eigenvalue weighted by atomic mass is 16.5. The molecule has 0 aromatic heterocycles. The lowest BCUT2D eigenvalue weighted by Crippen LogP contribution is -2.30. The molecule has 0 saturated carbocycles. The molecule has 0 bridgehead atoms. The number of ether oxygens (including phenoxy) is 1. The minimum atomic E-state index is -0.579. The zero-order chi connectivity index (χ0) is 17.1. The van der Waals surface area contributed by atoms with Crippen molar-refractivity contribution in [1.29, 1.82) is 0 Å². The molecule has 3 aromatic carbocycles. The van der Waals surface area contributed by atoms with Gasteiger partial charge in [0.15, 0.2) is 6.10 Å². The Morgan fingerprint density at radius 1 is 0.958 bits per heavy atom. The van der Waals surface area contributed by atoms with Gasteiger partial charge in [0.1, 0.15) is 5.75 Å². The molecule has 0 radical (unpaired) electrons. The second-order valence-electron chi connectivity index (χ2n) is 5.97. The summed E-state index contributed by atoms with van der Waals surface area (Å²) in [7, 11) is 0. The molecular weight excluding hydrogens is 298 g/mol. The first-order valence-electron chi connectivity index (χ1n) is 8.08. The van der Waals surface area contributed by atoms with E-state index in [1.54, 1.807) is 6.92 Å². The van der Waals surface area contributed by atoms with Gasteiger partial charge in [0, 0.05) is 11.1 Å². The first-order valence-corrected chi connectivity index (χ1v) is 8.08. The summed E-state index contributed by atoms with van der Waals surface area (Å²) in [5, 5.41) is 5.09. The van der Waals surface area contributed by atoms with Crippen LogP contribution in [0.1, 0.15) is 18.1 Å². The molecule has 0 aliphatic carbocycles. The minimum absolute atomic E-state index is 0.160. The van der Waals surface area contributed by atoms with Gasteiger partial charge in [-0.15, -0.1) is 0 Å². The third kappa shape index (κ3) is 3.25. The molecule has 24 heavy (non-hydrogen) atoms. The zero-order valence-corrected chi connectivity index (χ0v) is 14.2. The van der Waals surface area contributed by atoms with E-state index in [-0.39, 0.29) is 5.91 Å². The summed E-state index contributed by atoms with van der Waals surface area (Å²) in [6.45, 7) is 5.80. The van der Waals surface area contributed by atoms with Gasteiger partial charge in [-0.2, -0.15) is 0 Å². The average Bonchev–Trinajstić information content (AvgIpc) is 2.59. The maximum atomic E-state index is 12.5. The van der Waals surface area contributed by atoms with E-state index in [0.717, 1.165) is 33.3 Å². The Morgan fingerprint density at radius 2 is 1.67 bits per heavy atom. The molecule has 3 nitrogen and oxygen atoms in total. The van der Waals surface area contributed by atoms with Gasteiger partial charge in [-0.05, 0) is 49.4 Å². The molecule has 0 fully saturated rings. The third-order valence-electron chi connectivity index (χ3n) is 4.28. The number of nitrogens with one attached hydrogen (secondary N) is 1. The highest BCUT2D eigenvalue weighted by Crippen LogP contribution is 2.24. The number of carbonyl (C=O) groups is 1. The predicted octanol–water partition coefficient (Wildman–Crippen LogP) is 4.86. The Kier molecular flexibility index (Phi) is 4.52. The van der Waals surface area contributed by atoms with Gasteiger partial charge in [-0.1, -0.05) is 48.5 Å². The van der Waals surface area contributed by atoms with Crippen molar-refractivity contribution in [2.45, 2.75) is 26.9 Å². The summed E-state index contributed by atoms with van der Waals surface area (Å²) in [6.07, 6.45) is -0.579. The van der Waals surface area contributed by atoms with Crippen molar-refractivity contribution in [2.75, 3.05) is 5.32 Å². The van der Waals surface area contributed by atoms with Crippen LogP contribution in [0.5, 0.6) is 5.75 Å². The second-order valence-corrected chi connectivity index (χ2v) is 5.97. The van der Waals surface area contributed by atoms with Crippen molar-refractivity contribution in [2.24, 2.45) is 0 Å². The molecule has 0 spiro atoms. The number of hydrogen-bond donors (Lipinski definition) is 1. The molecule has 122 valence electrons. The van der Waals surface area contributed by atoms with Gasteiger partial charge < -0.3 is 10.1 Å². The number of benzene rings is 3. The molecule has 3 aromatic rings. The molecular formula is C21H21NO2. The molecule has 3 heteroatoms. The first-order chi connectivity index (χ1) is 11.6. The number of anilines is 1. The number of hydrogen-bond acceptors (Lipinski definition) is 2. The normalized spacial score (nSPS) is 12.0. The van der Waals surface area contributed by atoms with Gasteiger partial charge in [0.05, 0.1) is 0 Å². The van der Waals surface area contributed by atoms with Crippen LogP contribution >= 0.6 is 0 Å². The van der Waals surface area contributed by atoms with Crippen LogP contribution in [0, 0.1) is 13.8 Å². The summed E-state index contributed by atoms with van der Waals surface area (Å²) in [6, 6.07) is 19.7. The predicted molar refractivity (Wildman–Crippen MR) is 98.6 cm³/mol. The minimum Gasteiger partial charge on any atom is -0.481 e. The number of fused-ring (bicyclic) bond motifs is 1. The van der Waals surface area contributed by atoms with Crippen LogP contribution in [0.3, 0.4) is 0 Å². The SMILES string of the molecule is Cc1cccc(O[C@@H](C)C(=O)Nc2cccc3ccccc23)c1C. The lowest BCUT2D eigenvalue weighted by molar-refractivity contribution is -0.122. The number of amides is 1. The highest BCUT2D eigenvalue weighted by molar-refractivity contribution is 6.03. The topological polar surface area (TPSA) is 38.3 Å². The van der Waals surface area contributed by atoms with E-state index in [4.69, 9.17) is 4.74 Å². The number of carbonyl (C=O) groups excluding carboxylic acids is 1. The fourth-order valence-corrected chi connectivity index (χ4v) is 2.66. The van der Waals surface area contributed by atoms with Crippen LogP contribution in [0.25, 0.3) is 10.8 Å². The first kappa shape index (κ1) is 16.1. The third-order valence-corrected chi connectivity index (χ3v) is 4.28. The fraction of sp³-hybridized carbons (Fsp3) is 0.190. The Morgan fingerprint density at radius 3 is 2.50 bits per heavy atom. The van der Waals surface area contributed by atoms with E-state index in [1.807, 2.05) is 74.5 Å². The monoisotopic (exact) mass is 319 g/mol. The van der Waals surface area contributed by atoms with Crippen molar-refractivity contribution in [3.63, 3.8) is 0 Å². The van der Waals surface area contributed by atoms with Crippen LogP contribution < -0.4 is 10.1 Å². The zero-order valence-electron chi connectivity index (χ0n) is 14.2. The fourth-order valence-electron chi connectivity index (χ4n) is 2.66. The van der Waals surface area contributed by atoms with E-state index in [1.165, 1.54) is 0 Å². The molecule has 3 rings (SSSR count). The molecule has 1 N–H and O–H groups in total. The smallest absolute Gasteiger partial charge is 0.265 e. The van der Waals surface area contributed by atoms with Crippen LogP contribution in [0.15, 0.2) is 60.7 Å².